The number of guanidine groups is 1. The van der Waals surface area contributed by atoms with E-state index in [9.17, 15) is 13.2 Å². The third kappa shape index (κ3) is 5.56. The summed E-state index contributed by atoms with van der Waals surface area (Å²) in [7, 11) is 1.63. The molecule has 0 unspecified atom stereocenters. The van der Waals surface area contributed by atoms with E-state index in [4.69, 9.17) is 0 Å². The quantitative estimate of drug-likeness (QED) is 0.457. The van der Waals surface area contributed by atoms with E-state index in [1.54, 1.807) is 17.9 Å². The van der Waals surface area contributed by atoms with E-state index in [2.05, 4.69) is 30.7 Å². The minimum absolute atomic E-state index is 0.375. The van der Waals surface area contributed by atoms with Crippen molar-refractivity contribution in [1.82, 2.24) is 30.4 Å². The fraction of sp³-hybridized carbons (Fsp3) is 0.368. The zero-order chi connectivity index (χ0) is 21.7. The van der Waals surface area contributed by atoms with Gasteiger partial charge >= 0.3 is 6.18 Å². The molecule has 2 N–H and O–H groups in total. The molecule has 0 aromatic carbocycles. The first-order valence-corrected chi connectivity index (χ1v) is 10.1. The molecule has 11 heteroatoms. The van der Waals surface area contributed by atoms with Crippen molar-refractivity contribution >= 4 is 17.3 Å². The van der Waals surface area contributed by atoms with Crippen LogP contribution in [0.3, 0.4) is 0 Å². The van der Waals surface area contributed by atoms with Crippen LogP contribution in [-0.4, -0.2) is 39.3 Å². The zero-order valence-corrected chi connectivity index (χ0v) is 17.6. The Morgan fingerprint density at radius 2 is 2.03 bits per heavy atom. The number of nitrogens with one attached hydrogen (secondary N) is 2. The fourth-order valence-corrected chi connectivity index (χ4v) is 3.56. The number of halogens is 3. The van der Waals surface area contributed by atoms with Crippen LogP contribution in [0.2, 0.25) is 0 Å². The Hall–Kier alpha value is -2.95. The number of aryl methyl sites for hydroxylation is 2. The highest BCUT2D eigenvalue weighted by atomic mass is 32.1. The monoisotopic (exact) mass is 437 g/mol. The average molecular weight is 437 g/mol. The van der Waals surface area contributed by atoms with Crippen LogP contribution in [0.5, 0.6) is 0 Å². The summed E-state index contributed by atoms with van der Waals surface area (Å²) < 4.78 is 39.6. The molecule has 0 radical (unpaired) electrons. The Balaban J connectivity index is 1.48. The number of alkyl halides is 3. The number of rotatable bonds is 6. The van der Waals surface area contributed by atoms with E-state index >= 15 is 0 Å². The van der Waals surface area contributed by atoms with Gasteiger partial charge in [-0.2, -0.15) is 18.3 Å². The van der Waals surface area contributed by atoms with Crippen molar-refractivity contribution in [2.24, 2.45) is 4.99 Å². The number of aromatic nitrogens is 4. The van der Waals surface area contributed by atoms with E-state index in [0.717, 1.165) is 39.5 Å². The van der Waals surface area contributed by atoms with Crippen molar-refractivity contribution < 1.29 is 13.2 Å². The lowest BCUT2D eigenvalue weighted by atomic mass is 10.3. The standard InChI is InChI=1S/C19H22F3N7S/c1-12-8-13(2)29(28-12)16-5-4-14(9-25-16)10-26-18(23-3)24-7-6-17-27-15(11-30-17)19(20,21)22/h4-5,8-9,11H,6-7,10H2,1-3H3,(H2,23,24,26). The first-order valence-electron chi connectivity index (χ1n) is 9.21. The Bertz CT molecular complexity index is 1010. The first-order chi connectivity index (χ1) is 14.3. The van der Waals surface area contributed by atoms with E-state index < -0.39 is 11.9 Å². The number of thiazole rings is 1. The SMILES string of the molecule is CN=C(NCCc1nc(C(F)(F)F)cs1)NCc1ccc(-n2nc(C)cc2C)nc1. The molecule has 3 aromatic heterocycles. The van der Waals surface area contributed by atoms with E-state index in [1.807, 2.05) is 32.0 Å². The number of aliphatic imine (C=N–C) groups is 1. The lowest BCUT2D eigenvalue weighted by molar-refractivity contribution is -0.140. The Labute approximate surface area is 176 Å². The summed E-state index contributed by atoms with van der Waals surface area (Å²) in [5.41, 5.74) is 2.06. The second-order valence-electron chi connectivity index (χ2n) is 6.59. The van der Waals surface area contributed by atoms with Crippen molar-refractivity contribution in [2.75, 3.05) is 13.6 Å². The van der Waals surface area contributed by atoms with Gasteiger partial charge in [-0.3, -0.25) is 4.99 Å². The van der Waals surface area contributed by atoms with Crippen LogP contribution >= 0.6 is 11.3 Å². The summed E-state index contributed by atoms with van der Waals surface area (Å²) in [5.74, 6) is 1.29. The molecule has 0 bridgehead atoms. The van der Waals surface area contributed by atoms with Crippen LogP contribution in [-0.2, 0) is 19.1 Å². The largest absolute Gasteiger partial charge is 0.434 e. The molecular formula is C19H22F3N7S. The highest BCUT2D eigenvalue weighted by Gasteiger charge is 2.33. The van der Waals surface area contributed by atoms with Gasteiger partial charge in [0.2, 0.25) is 0 Å². The molecule has 0 aliphatic heterocycles. The Kier molecular flexibility index (Phi) is 6.70. The summed E-state index contributed by atoms with van der Waals surface area (Å²) in [5, 5.41) is 12.1. The number of nitrogens with zero attached hydrogens (tertiary/aromatic N) is 5. The zero-order valence-electron chi connectivity index (χ0n) is 16.8. The van der Waals surface area contributed by atoms with Gasteiger partial charge in [0.15, 0.2) is 17.5 Å². The minimum Gasteiger partial charge on any atom is -0.356 e. The van der Waals surface area contributed by atoms with Crippen LogP contribution < -0.4 is 10.6 Å². The highest BCUT2D eigenvalue weighted by Crippen LogP contribution is 2.30. The van der Waals surface area contributed by atoms with Crippen molar-refractivity contribution in [1.29, 1.82) is 0 Å². The molecule has 3 rings (SSSR count). The first kappa shape index (κ1) is 21.8. The van der Waals surface area contributed by atoms with Gasteiger partial charge in [-0.15, -0.1) is 11.3 Å². The van der Waals surface area contributed by atoms with Crippen LogP contribution in [0, 0.1) is 13.8 Å². The third-order valence-corrected chi connectivity index (χ3v) is 5.10. The van der Waals surface area contributed by atoms with Gasteiger partial charge in [-0.05, 0) is 31.5 Å². The van der Waals surface area contributed by atoms with E-state index in [1.165, 1.54) is 0 Å². The van der Waals surface area contributed by atoms with Gasteiger partial charge in [0.25, 0.3) is 0 Å². The molecule has 0 aliphatic rings. The van der Waals surface area contributed by atoms with Gasteiger partial charge < -0.3 is 10.6 Å². The molecule has 0 amide bonds. The summed E-state index contributed by atoms with van der Waals surface area (Å²) in [6, 6.07) is 5.84. The molecule has 0 fully saturated rings. The molecule has 3 aromatic rings. The van der Waals surface area contributed by atoms with Crippen LogP contribution in [0.25, 0.3) is 5.82 Å². The van der Waals surface area contributed by atoms with Crippen molar-refractivity contribution in [3.63, 3.8) is 0 Å². The predicted octanol–water partition coefficient (Wildman–Crippen LogP) is 3.27. The highest BCUT2D eigenvalue weighted by molar-refractivity contribution is 7.09. The third-order valence-electron chi connectivity index (χ3n) is 4.19. The Morgan fingerprint density at radius 1 is 1.23 bits per heavy atom. The normalized spacial score (nSPS) is 12.3. The predicted molar refractivity (Wildman–Crippen MR) is 110 cm³/mol. The Morgan fingerprint density at radius 3 is 2.60 bits per heavy atom. The molecule has 7 nitrogen and oxygen atoms in total. The van der Waals surface area contributed by atoms with Gasteiger partial charge in [-0.25, -0.2) is 14.6 Å². The van der Waals surface area contributed by atoms with E-state index in [0.29, 0.717) is 30.5 Å². The van der Waals surface area contributed by atoms with E-state index in [-0.39, 0.29) is 0 Å². The van der Waals surface area contributed by atoms with Crippen LogP contribution in [0.4, 0.5) is 13.2 Å². The molecule has 3 heterocycles. The maximum atomic E-state index is 12.6. The molecule has 0 saturated heterocycles. The summed E-state index contributed by atoms with van der Waals surface area (Å²) in [6.07, 6.45) is -2.26. The van der Waals surface area contributed by atoms with Crippen molar-refractivity contribution in [3.8, 4) is 5.82 Å². The molecule has 0 aliphatic carbocycles. The number of hydrogen-bond acceptors (Lipinski definition) is 5. The maximum Gasteiger partial charge on any atom is 0.434 e. The van der Waals surface area contributed by atoms with Gasteiger partial charge in [0.1, 0.15) is 0 Å². The molecule has 0 spiro atoms. The minimum atomic E-state index is -4.40. The topological polar surface area (TPSA) is 80.0 Å². The maximum absolute atomic E-state index is 12.6. The average Bonchev–Trinajstić information content (AvgIpc) is 3.31. The second kappa shape index (κ2) is 9.24. The summed E-state index contributed by atoms with van der Waals surface area (Å²) >= 11 is 1.00. The lowest BCUT2D eigenvalue weighted by Gasteiger charge is -2.11. The second-order valence-corrected chi connectivity index (χ2v) is 7.53. The summed E-state index contributed by atoms with van der Waals surface area (Å²) in [4.78, 5) is 12.2. The van der Waals surface area contributed by atoms with Gasteiger partial charge in [0, 0.05) is 43.8 Å². The fourth-order valence-electron chi connectivity index (χ4n) is 2.76. The van der Waals surface area contributed by atoms with Gasteiger partial charge in [0.05, 0.1) is 10.7 Å². The molecular weight excluding hydrogens is 415 g/mol. The number of hydrogen-bond donors (Lipinski definition) is 2. The van der Waals surface area contributed by atoms with Gasteiger partial charge in [-0.1, -0.05) is 6.07 Å². The molecule has 0 saturated carbocycles. The van der Waals surface area contributed by atoms with Crippen molar-refractivity contribution in [3.05, 3.63) is 57.4 Å². The summed E-state index contributed by atoms with van der Waals surface area (Å²) in [6.45, 7) is 4.83. The lowest BCUT2D eigenvalue weighted by Crippen LogP contribution is -2.37. The molecule has 0 atom stereocenters. The number of pyridine rings is 1. The van der Waals surface area contributed by atoms with Crippen molar-refractivity contribution in [2.45, 2.75) is 33.0 Å². The van der Waals surface area contributed by atoms with Crippen LogP contribution in [0.1, 0.15) is 27.7 Å². The van der Waals surface area contributed by atoms with Crippen LogP contribution in [0.15, 0.2) is 34.8 Å². The smallest absolute Gasteiger partial charge is 0.356 e. The molecule has 160 valence electrons. The molecule has 30 heavy (non-hydrogen) atoms.